The number of hydrogen-bond acceptors (Lipinski definition) is 2. The van der Waals surface area contributed by atoms with Gasteiger partial charge in [0.1, 0.15) is 11.5 Å². The highest BCUT2D eigenvalue weighted by Gasteiger charge is 2.59. The van der Waals surface area contributed by atoms with E-state index in [4.69, 9.17) is 0 Å². The molecule has 1 atom stereocenters. The van der Waals surface area contributed by atoms with E-state index in [1.54, 1.807) is 24.3 Å². The number of fused-ring (bicyclic) bond motifs is 3. The van der Waals surface area contributed by atoms with Crippen LogP contribution in [0.15, 0.2) is 54.6 Å². The first-order chi connectivity index (χ1) is 11.5. The molecule has 2 aliphatic rings. The van der Waals surface area contributed by atoms with Crippen LogP contribution in [0.1, 0.15) is 25.0 Å². The summed E-state index contributed by atoms with van der Waals surface area (Å²) in [6, 6.07) is 14.8. The molecule has 0 radical (unpaired) electrons. The summed E-state index contributed by atoms with van der Waals surface area (Å²) in [5, 5.41) is 3.13. The van der Waals surface area contributed by atoms with Crippen LogP contribution in [0.2, 0.25) is 0 Å². The Kier molecular flexibility index (Phi) is 3.07. The Bertz CT molecular complexity index is 858. The van der Waals surface area contributed by atoms with Gasteiger partial charge in [0, 0.05) is 16.7 Å². The highest BCUT2D eigenvalue weighted by atomic mass is 19.1. The monoisotopic (exact) mass is 322 g/mol. The van der Waals surface area contributed by atoms with E-state index >= 15 is 0 Å². The van der Waals surface area contributed by atoms with Gasteiger partial charge in [0.15, 0.2) is 0 Å². The topological polar surface area (TPSA) is 32.3 Å². The van der Waals surface area contributed by atoms with Crippen molar-refractivity contribution in [3.8, 4) is 0 Å². The molecule has 1 fully saturated rings. The van der Waals surface area contributed by atoms with Gasteiger partial charge in [0.2, 0.25) is 5.91 Å². The molecule has 0 aromatic heterocycles. The molecule has 0 unspecified atom stereocenters. The average Bonchev–Trinajstić information content (AvgIpc) is 2.99. The Morgan fingerprint density at radius 3 is 2.62 bits per heavy atom. The fourth-order valence-electron chi connectivity index (χ4n) is 3.96. The maximum atomic E-state index is 14.0. The maximum Gasteiger partial charge on any atom is 0.241 e. The van der Waals surface area contributed by atoms with Gasteiger partial charge < -0.3 is 10.2 Å². The minimum atomic E-state index is -0.684. The van der Waals surface area contributed by atoms with Crippen molar-refractivity contribution in [2.24, 2.45) is 0 Å². The lowest BCUT2D eigenvalue weighted by Gasteiger charge is -2.40. The molecule has 0 bridgehead atoms. The Morgan fingerprint density at radius 1 is 1.12 bits per heavy atom. The van der Waals surface area contributed by atoms with E-state index in [1.165, 1.54) is 11.6 Å². The van der Waals surface area contributed by atoms with Gasteiger partial charge in [-0.05, 0) is 23.8 Å². The van der Waals surface area contributed by atoms with Crippen LogP contribution >= 0.6 is 0 Å². The van der Waals surface area contributed by atoms with Gasteiger partial charge in [-0.3, -0.25) is 4.79 Å². The third-order valence-electron chi connectivity index (χ3n) is 5.29. The van der Waals surface area contributed by atoms with E-state index in [-0.39, 0.29) is 17.1 Å². The molecule has 0 aliphatic carbocycles. The van der Waals surface area contributed by atoms with Gasteiger partial charge in [0.25, 0.3) is 0 Å². The summed E-state index contributed by atoms with van der Waals surface area (Å²) in [7, 11) is 0. The standard InChI is InChI=1S/C20H19FN2O/c1-19(2)15-8-4-6-10-17(15)23-13-18(24)22-20(19,23)12-11-14-7-3-5-9-16(14)21/h3-12H,13H2,1-2H3,(H,22,24)/b12-11+/t20-/m0/s1. The molecule has 24 heavy (non-hydrogen) atoms. The second-order valence-corrected chi connectivity index (χ2v) is 6.90. The Balaban J connectivity index is 1.86. The fourth-order valence-corrected chi connectivity index (χ4v) is 3.96. The number of nitrogens with one attached hydrogen (secondary N) is 1. The largest absolute Gasteiger partial charge is 0.335 e. The second-order valence-electron chi connectivity index (χ2n) is 6.90. The summed E-state index contributed by atoms with van der Waals surface area (Å²) >= 11 is 0. The molecular weight excluding hydrogens is 303 g/mol. The van der Waals surface area contributed by atoms with Crippen LogP contribution in [0.3, 0.4) is 0 Å². The molecule has 122 valence electrons. The Morgan fingerprint density at radius 2 is 1.83 bits per heavy atom. The number of anilines is 1. The molecule has 1 N–H and O–H groups in total. The molecule has 4 rings (SSSR count). The number of para-hydroxylation sites is 1. The molecule has 3 nitrogen and oxygen atoms in total. The van der Waals surface area contributed by atoms with Gasteiger partial charge in [-0.1, -0.05) is 56.3 Å². The van der Waals surface area contributed by atoms with Crippen molar-refractivity contribution in [1.82, 2.24) is 5.32 Å². The molecule has 0 spiro atoms. The molecule has 4 heteroatoms. The van der Waals surface area contributed by atoms with Crippen molar-refractivity contribution in [2.45, 2.75) is 24.9 Å². The van der Waals surface area contributed by atoms with Crippen molar-refractivity contribution in [2.75, 3.05) is 11.4 Å². The summed E-state index contributed by atoms with van der Waals surface area (Å²) in [6.07, 6.45) is 3.69. The first-order valence-electron chi connectivity index (χ1n) is 8.08. The van der Waals surface area contributed by atoms with E-state index in [0.717, 1.165) is 5.69 Å². The first-order valence-corrected chi connectivity index (χ1v) is 8.08. The van der Waals surface area contributed by atoms with Crippen molar-refractivity contribution in [1.29, 1.82) is 0 Å². The van der Waals surface area contributed by atoms with Crippen LogP contribution in [0, 0.1) is 5.82 Å². The number of halogens is 1. The van der Waals surface area contributed by atoms with Crippen molar-refractivity contribution >= 4 is 17.7 Å². The highest BCUT2D eigenvalue weighted by molar-refractivity contribution is 5.91. The van der Waals surface area contributed by atoms with Gasteiger partial charge in [-0.15, -0.1) is 0 Å². The number of rotatable bonds is 2. The zero-order valence-corrected chi connectivity index (χ0v) is 13.7. The number of carbonyl (C=O) groups excluding carboxylic acids is 1. The van der Waals surface area contributed by atoms with E-state index in [2.05, 4.69) is 30.1 Å². The quantitative estimate of drug-likeness (QED) is 0.918. The number of benzene rings is 2. The van der Waals surface area contributed by atoms with E-state index in [0.29, 0.717) is 12.1 Å². The number of nitrogens with zero attached hydrogens (tertiary/aromatic N) is 1. The van der Waals surface area contributed by atoms with Crippen LogP contribution in [-0.4, -0.2) is 18.1 Å². The predicted molar refractivity (Wildman–Crippen MR) is 93.1 cm³/mol. The first kappa shape index (κ1) is 14.9. The van der Waals surface area contributed by atoms with Crippen LogP contribution in [-0.2, 0) is 10.2 Å². The third kappa shape index (κ3) is 1.86. The molecule has 1 saturated heterocycles. The van der Waals surface area contributed by atoms with Gasteiger partial charge in [-0.25, -0.2) is 4.39 Å². The maximum absolute atomic E-state index is 14.0. The SMILES string of the molecule is CC1(C)c2ccccc2N2CC(=O)N[C@@]21/C=C/c1ccccc1F. The van der Waals surface area contributed by atoms with Crippen molar-refractivity contribution < 1.29 is 9.18 Å². The van der Waals surface area contributed by atoms with Gasteiger partial charge in [-0.2, -0.15) is 0 Å². The lowest BCUT2D eigenvalue weighted by Crippen LogP contribution is -2.58. The molecule has 2 aliphatic heterocycles. The van der Waals surface area contributed by atoms with E-state index in [9.17, 15) is 9.18 Å². The van der Waals surface area contributed by atoms with Crippen molar-refractivity contribution in [3.05, 3.63) is 71.6 Å². The normalized spacial score (nSPS) is 24.1. The van der Waals surface area contributed by atoms with Crippen molar-refractivity contribution in [3.63, 3.8) is 0 Å². The van der Waals surface area contributed by atoms with Crippen LogP contribution in [0.5, 0.6) is 0 Å². The Hall–Kier alpha value is -2.62. The third-order valence-corrected chi connectivity index (χ3v) is 5.29. The number of hydrogen-bond donors (Lipinski definition) is 1. The molecule has 2 heterocycles. The van der Waals surface area contributed by atoms with Crippen LogP contribution < -0.4 is 10.2 Å². The van der Waals surface area contributed by atoms with Crippen LogP contribution in [0.25, 0.3) is 6.08 Å². The molecule has 2 aromatic carbocycles. The molecular formula is C20H19FN2O. The zero-order valence-electron chi connectivity index (χ0n) is 13.7. The number of carbonyl (C=O) groups is 1. The van der Waals surface area contributed by atoms with Gasteiger partial charge in [0.05, 0.1) is 6.54 Å². The predicted octanol–water partition coefficient (Wildman–Crippen LogP) is 3.46. The minimum Gasteiger partial charge on any atom is -0.335 e. The lowest BCUT2D eigenvalue weighted by atomic mass is 9.75. The summed E-state index contributed by atoms with van der Waals surface area (Å²) in [5.74, 6) is -0.287. The minimum absolute atomic E-state index is 0.0178. The molecule has 2 aromatic rings. The zero-order chi connectivity index (χ0) is 16.9. The second kappa shape index (κ2) is 4.94. The summed E-state index contributed by atoms with van der Waals surface area (Å²) in [6.45, 7) is 4.54. The Labute approximate surface area is 140 Å². The summed E-state index contributed by atoms with van der Waals surface area (Å²) in [5.41, 5.74) is 1.73. The van der Waals surface area contributed by atoms with Crippen LogP contribution in [0.4, 0.5) is 10.1 Å². The molecule has 1 amide bonds. The summed E-state index contributed by atoms with van der Waals surface area (Å²) < 4.78 is 14.0. The lowest BCUT2D eigenvalue weighted by molar-refractivity contribution is -0.118. The van der Waals surface area contributed by atoms with Gasteiger partial charge >= 0.3 is 0 Å². The average molecular weight is 322 g/mol. The van der Waals surface area contributed by atoms with E-state index in [1.807, 2.05) is 24.3 Å². The highest BCUT2D eigenvalue weighted by Crippen LogP contribution is 2.52. The fraction of sp³-hybridized carbons (Fsp3) is 0.250. The summed E-state index contributed by atoms with van der Waals surface area (Å²) in [4.78, 5) is 14.3. The number of amides is 1. The smallest absolute Gasteiger partial charge is 0.241 e. The molecule has 0 saturated carbocycles. The van der Waals surface area contributed by atoms with E-state index < -0.39 is 5.66 Å².